The molecule has 122 valence electrons. The highest BCUT2D eigenvalue weighted by Crippen LogP contribution is 2.34. The first kappa shape index (κ1) is 17.6. The smallest absolute Gasteiger partial charge is 0.276 e. The topological polar surface area (TPSA) is 88.0 Å². The molecule has 0 spiro atoms. The minimum Gasteiger partial charge on any atom is -0.503 e. The van der Waals surface area contributed by atoms with Crippen LogP contribution in [0, 0.1) is 0 Å². The van der Waals surface area contributed by atoms with E-state index in [1.54, 1.807) is 6.07 Å². The van der Waals surface area contributed by atoms with E-state index in [2.05, 4.69) is 25.9 Å². The van der Waals surface area contributed by atoms with Crippen LogP contribution in [0.5, 0.6) is 11.5 Å². The van der Waals surface area contributed by atoms with Crippen molar-refractivity contribution < 1.29 is 18.3 Å². The lowest BCUT2D eigenvalue weighted by Gasteiger charge is -2.06. The van der Waals surface area contributed by atoms with Crippen LogP contribution in [0.25, 0.3) is 0 Å². The lowest BCUT2D eigenvalue weighted by atomic mass is 10.2. The molecule has 0 heterocycles. The Balaban J connectivity index is 2.18. The van der Waals surface area contributed by atoms with E-state index in [1.165, 1.54) is 43.7 Å². The lowest BCUT2D eigenvalue weighted by molar-refractivity contribution is 0.372. The van der Waals surface area contributed by atoms with Crippen molar-refractivity contribution in [3.63, 3.8) is 0 Å². The maximum atomic E-state index is 12.0. The zero-order valence-corrected chi connectivity index (χ0v) is 15.0. The molecule has 0 radical (unpaired) electrons. The Bertz CT molecular complexity index is 839. The summed E-state index contributed by atoms with van der Waals surface area (Å²) in [6.07, 6.45) is 1.29. The Hall–Kier alpha value is -1.77. The summed E-state index contributed by atoms with van der Waals surface area (Å²) < 4.78 is 29.5. The van der Waals surface area contributed by atoms with Crippen molar-refractivity contribution in [1.29, 1.82) is 0 Å². The molecule has 0 fully saturated rings. The summed E-state index contributed by atoms with van der Waals surface area (Å²) in [5.41, 5.74) is 0.533. The molecule has 0 bridgehead atoms. The number of aromatic hydroxyl groups is 1. The fraction of sp³-hybridized carbons (Fsp3) is 0.0714. The molecule has 9 heteroatoms. The van der Waals surface area contributed by atoms with Crippen molar-refractivity contribution >= 4 is 43.8 Å². The number of nitrogens with one attached hydrogen (secondary N) is 1. The molecule has 0 aliphatic heterocycles. The van der Waals surface area contributed by atoms with Crippen molar-refractivity contribution in [2.45, 2.75) is 4.90 Å². The zero-order valence-electron chi connectivity index (χ0n) is 11.8. The Kier molecular flexibility index (Phi) is 5.51. The van der Waals surface area contributed by atoms with Gasteiger partial charge in [0.05, 0.1) is 22.7 Å². The summed E-state index contributed by atoms with van der Waals surface area (Å²) in [5.74, 6) is 0.188. The van der Waals surface area contributed by atoms with E-state index < -0.39 is 10.0 Å². The molecule has 0 saturated heterocycles. The van der Waals surface area contributed by atoms with Crippen LogP contribution in [0.15, 0.2) is 50.9 Å². The molecule has 0 amide bonds. The molecule has 2 N–H and O–H groups in total. The van der Waals surface area contributed by atoms with E-state index in [9.17, 15) is 13.5 Å². The highest BCUT2D eigenvalue weighted by atomic mass is 79.9. The van der Waals surface area contributed by atoms with Gasteiger partial charge in [-0.2, -0.15) is 13.5 Å². The number of phenolic OH excluding ortho intramolecular Hbond substituents is 1. The van der Waals surface area contributed by atoms with Crippen molar-refractivity contribution in [3.8, 4) is 11.5 Å². The molecule has 0 aliphatic carbocycles. The summed E-state index contributed by atoms with van der Waals surface area (Å²) in [6, 6.07) is 8.78. The van der Waals surface area contributed by atoms with E-state index >= 15 is 0 Å². The van der Waals surface area contributed by atoms with E-state index in [0.29, 0.717) is 15.1 Å². The summed E-state index contributed by atoms with van der Waals surface area (Å²) in [7, 11) is -2.37. The molecule has 2 aromatic rings. The molecule has 2 rings (SSSR count). The number of ether oxygens (including phenoxy) is 1. The molecule has 0 atom stereocenters. The molecule has 2 aromatic carbocycles. The van der Waals surface area contributed by atoms with Gasteiger partial charge in [0.2, 0.25) is 0 Å². The highest BCUT2D eigenvalue weighted by Gasteiger charge is 2.12. The number of rotatable bonds is 5. The Morgan fingerprint density at radius 2 is 1.96 bits per heavy atom. The second-order valence-corrected chi connectivity index (χ2v) is 7.31. The van der Waals surface area contributed by atoms with E-state index in [4.69, 9.17) is 16.3 Å². The number of phenols is 1. The third-order valence-electron chi connectivity index (χ3n) is 2.78. The van der Waals surface area contributed by atoms with Crippen LogP contribution >= 0.6 is 27.5 Å². The number of hydrogen-bond donors (Lipinski definition) is 2. The molecule has 0 unspecified atom stereocenters. The minimum absolute atomic E-state index is 0.0449. The van der Waals surface area contributed by atoms with E-state index in [1.807, 2.05) is 0 Å². The molecule has 0 aromatic heterocycles. The van der Waals surface area contributed by atoms with E-state index in [-0.39, 0.29) is 16.4 Å². The zero-order chi connectivity index (χ0) is 17.0. The van der Waals surface area contributed by atoms with E-state index in [0.717, 1.165) is 0 Å². The number of methoxy groups -OCH3 is 1. The maximum Gasteiger partial charge on any atom is 0.276 e. The molecule has 23 heavy (non-hydrogen) atoms. The average Bonchev–Trinajstić information content (AvgIpc) is 2.51. The SMILES string of the molecule is COc1cc(C=NNS(=O)(=O)c2ccc(Cl)cc2)cc(Br)c1O. The van der Waals surface area contributed by atoms with Crippen LogP contribution in [0.1, 0.15) is 5.56 Å². The Labute approximate surface area is 146 Å². The first-order chi connectivity index (χ1) is 10.8. The van der Waals surface area contributed by atoms with Gasteiger partial charge in [0.1, 0.15) is 0 Å². The quantitative estimate of drug-likeness (QED) is 0.576. The third-order valence-corrected chi connectivity index (χ3v) is 4.88. The molecule has 0 aliphatic rings. The van der Waals surface area contributed by atoms with Crippen LogP contribution in [0.3, 0.4) is 0 Å². The number of nitrogens with zero attached hydrogens (tertiary/aromatic N) is 1. The predicted octanol–water partition coefficient (Wildman–Crippen LogP) is 3.13. The van der Waals surface area contributed by atoms with Gasteiger partial charge < -0.3 is 9.84 Å². The van der Waals surface area contributed by atoms with Gasteiger partial charge in [0, 0.05) is 5.02 Å². The van der Waals surface area contributed by atoms with Crippen LogP contribution in [-0.2, 0) is 10.0 Å². The molecular weight excluding hydrogens is 408 g/mol. The lowest BCUT2D eigenvalue weighted by Crippen LogP contribution is -2.18. The van der Waals surface area contributed by atoms with Crippen LogP contribution in [-0.4, -0.2) is 26.8 Å². The maximum absolute atomic E-state index is 12.0. The van der Waals surface area contributed by atoms with Crippen molar-refractivity contribution in [2.75, 3.05) is 7.11 Å². The first-order valence-electron chi connectivity index (χ1n) is 6.20. The predicted molar refractivity (Wildman–Crippen MR) is 91.7 cm³/mol. The summed E-state index contributed by atoms with van der Waals surface area (Å²) >= 11 is 8.89. The molecule has 0 saturated carbocycles. The number of halogens is 2. The Morgan fingerprint density at radius 1 is 1.30 bits per heavy atom. The van der Waals surface area contributed by atoms with Crippen molar-refractivity contribution in [1.82, 2.24) is 4.83 Å². The van der Waals surface area contributed by atoms with Gasteiger partial charge in [0.15, 0.2) is 11.5 Å². The van der Waals surface area contributed by atoms with Gasteiger partial charge in [-0.15, -0.1) is 0 Å². The molecule has 6 nitrogen and oxygen atoms in total. The van der Waals surface area contributed by atoms with Gasteiger partial charge in [-0.3, -0.25) is 0 Å². The van der Waals surface area contributed by atoms with Gasteiger partial charge in [-0.1, -0.05) is 11.6 Å². The minimum atomic E-state index is -3.78. The largest absolute Gasteiger partial charge is 0.503 e. The van der Waals surface area contributed by atoms with Gasteiger partial charge in [0.25, 0.3) is 10.0 Å². The average molecular weight is 420 g/mol. The van der Waals surface area contributed by atoms with Crippen molar-refractivity contribution in [3.05, 3.63) is 51.5 Å². The number of benzene rings is 2. The second kappa shape index (κ2) is 7.20. The fourth-order valence-electron chi connectivity index (χ4n) is 1.66. The first-order valence-corrected chi connectivity index (χ1v) is 8.86. The van der Waals surface area contributed by atoms with Crippen LogP contribution < -0.4 is 9.57 Å². The summed E-state index contributed by atoms with van der Waals surface area (Å²) in [4.78, 5) is 2.14. The summed E-state index contributed by atoms with van der Waals surface area (Å²) in [5, 5.41) is 13.9. The number of hydrazone groups is 1. The van der Waals surface area contributed by atoms with Crippen LogP contribution in [0.2, 0.25) is 5.02 Å². The van der Waals surface area contributed by atoms with Crippen LogP contribution in [0.4, 0.5) is 0 Å². The fourth-order valence-corrected chi connectivity index (χ4v) is 3.04. The normalized spacial score (nSPS) is 11.6. The van der Waals surface area contributed by atoms with Gasteiger partial charge >= 0.3 is 0 Å². The summed E-state index contributed by atoms with van der Waals surface area (Å²) in [6.45, 7) is 0. The number of sulfonamides is 1. The van der Waals surface area contributed by atoms with Gasteiger partial charge in [-0.05, 0) is 57.9 Å². The number of hydrogen-bond acceptors (Lipinski definition) is 5. The van der Waals surface area contributed by atoms with Crippen molar-refractivity contribution in [2.24, 2.45) is 5.10 Å². The van der Waals surface area contributed by atoms with Gasteiger partial charge in [-0.25, -0.2) is 4.83 Å². The standard InChI is InChI=1S/C14H12BrClN2O4S/c1-22-13-7-9(6-12(15)14(13)19)8-17-18-23(20,21)11-4-2-10(16)3-5-11/h2-8,18-19H,1H3. The second-order valence-electron chi connectivity index (χ2n) is 4.36. The third kappa shape index (κ3) is 4.37. The highest BCUT2D eigenvalue weighted by molar-refractivity contribution is 9.10. The monoisotopic (exact) mass is 418 g/mol. The Morgan fingerprint density at radius 3 is 2.57 bits per heavy atom. The molecular formula is C14H12BrClN2O4S.